The summed E-state index contributed by atoms with van der Waals surface area (Å²) in [5, 5.41) is 3.21. The van der Waals surface area contributed by atoms with Crippen LogP contribution in [0.15, 0.2) is 65.1 Å². The molecule has 2 heterocycles. The van der Waals surface area contributed by atoms with Crippen molar-refractivity contribution in [3.8, 4) is 34.3 Å². The van der Waals surface area contributed by atoms with E-state index in [9.17, 15) is 14.0 Å². The summed E-state index contributed by atoms with van der Waals surface area (Å²) in [6, 6.07) is 15.1. The zero-order chi connectivity index (χ0) is 30.2. The van der Waals surface area contributed by atoms with Crippen molar-refractivity contribution in [3.63, 3.8) is 0 Å². The number of ether oxygens (including phenoxy) is 4. The van der Waals surface area contributed by atoms with Gasteiger partial charge in [-0.15, -0.1) is 0 Å². The summed E-state index contributed by atoms with van der Waals surface area (Å²) >= 11 is 12.8. The molecule has 9 nitrogen and oxygen atoms in total. The van der Waals surface area contributed by atoms with Gasteiger partial charge >= 0.3 is 0 Å². The van der Waals surface area contributed by atoms with Gasteiger partial charge in [0.15, 0.2) is 5.54 Å². The molecule has 3 aromatic carbocycles. The first-order chi connectivity index (χ1) is 20.2. The Bertz CT molecular complexity index is 1690. The van der Waals surface area contributed by atoms with Gasteiger partial charge in [0.1, 0.15) is 40.3 Å². The van der Waals surface area contributed by atoms with Crippen LogP contribution in [0.1, 0.15) is 12.2 Å². The van der Waals surface area contributed by atoms with Crippen LogP contribution in [0.3, 0.4) is 0 Å². The third-order valence-electron chi connectivity index (χ3n) is 6.98. The second-order valence-electron chi connectivity index (χ2n) is 9.21. The van der Waals surface area contributed by atoms with E-state index in [1.54, 1.807) is 18.2 Å². The molecule has 1 unspecified atom stereocenters. The standard InChI is InChI=1S/C30H25Cl2FN2O7/c1-38-23-13-25(40-3)20(11-17(23)31)34-29(37)30(27-10-9-22(42-27)16-7-5-6-8-19(16)33)15-28(36)35(30)21-12-18(32)24(39-2)14-26(21)41-4/h5-14H,15H2,1-4H3,(H,34,37). The molecule has 0 bridgehead atoms. The number of carbonyl (C=O) groups is 2. The molecule has 42 heavy (non-hydrogen) atoms. The summed E-state index contributed by atoms with van der Waals surface area (Å²) in [7, 11) is 5.72. The van der Waals surface area contributed by atoms with E-state index in [2.05, 4.69) is 5.32 Å². The van der Waals surface area contributed by atoms with Crippen molar-refractivity contribution >= 4 is 46.4 Å². The SMILES string of the molecule is COc1cc(OC)c(NC(=O)C2(c3ccc(-c4ccccc4F)o3)CC(=O)N2c2cc(Cl)c(OC)cc2OC)cc1Cl. The minimum Gasteiger partial charge on any atom is -0.495 e. The summed E-state index contributed by atoms with van der Waals surface area (Å²) in [4.78, 5) is 28.9. The van der Waals surface area contributed by atoms with Gasteiger partial charge in [0.05, 0.1) is 61.8 Å². The maximum absolute atomic E-state index is 14.6. The van der Waals surface area contributed by atoms with Crippen LogP contribution in [0.25, 0.3) is 11.3 Å². The molecule has 0 spiro atoms. The van der Waals surface area contributed by atoms with Gasteiger partial charge in [0.25, 0.3) is 5.91 Å². The fourth-order valence-electron chi connectivity index (χ4n) is 4.90. The van der Waals surface area contributed by atoms with Crippen LogP contribution in [0.2, 0.25) is 10.0 Å². The third-order valence-corrected chi connectivity index (χ3v) is 7.57. The number of furan rings is 1. The number of amides is 2. The van der Waals surface area contributed by atoms with E-state index in [0.717, 1.165) is 0 Å². The molecule has 1 saturated heterocycles. The van der Waals surface area contributed by atoms with Crippen LogP contribution in [0.5, 0.6) is 23.0 Å². The highest BCUT2D eigenvalue weighted by molar-refractivity contribution is 6.33. The smallest absolute Gasteiger partial charge is 0.259 e. The van der Waals surface area contributed by atoms with E-state index in [-0.39, 0.29) is 56.4 Å². The lowest BCUT2D eigenvalue weighted by atomic mass is 9.79. The first kappa shape index (κ1) is 29.1. The van der Waals surface area contributed by atoms with E-state index in [0.29, 0.717) is 11.5 Å². The number of β-lactam (4-membered cyclic amide) rings is 1. The van der Waals surface area contributed by atoms with Crippen LogP contribution >= 0.6 is 23.2 Å². The monoisotopic (exact) mass is 614 g/mol. The fraction of sp³-hybridized carbons (Fsp3) is 0.200. The van der Waals surface area contributed by atoms with Crippen molar-refractivity contribution in [1.82, 2.24) is 0 Å². The maximum Gasteiger partial charge on any atom is 0.259 e. The minimum atomic E-state index is -1.75. The van der Waals surface area contributed by atoms with Crippen LogP contribution in [0, 0.1) is 5.82 Å². The molecule has 1 aromatic heterocycles. The molecular weight excluding hydrogens is 590 g/mol. The van der Waals surface area contributed by atoms with E-state index < -0.39 is 23.2 Å². The summed E-state index contributed by atoms with van der Waals surface area (Å²) in [5.41, 5.74) is -1.15. The van der Waals surface area contributed by atoms with Crippen molar-refractivity contribution in [1.29, 1.82) is 0 Å². The quantitative estimate of drug-likeness (QED) is 0.209. The van der Waals surface area contributed by atoms with Crippen LogP contribution in [-0.2, 0) is 15.1 Å². The molecule has 0 aliphatic carbocycles. The molecule has 5 rings (SSSR count). The zero-order valence-electron chi connectivity index (χ0n) is 22.9. The molecule has 0 saturated carbocycles. The molecule has 1 atom stereocenters. The number of halogens is 3. The summed E-state index contributed by atoms with van der Waals surface area (Å²) in [6.45, 7) is 0. The average Bonchev–Trinajstić information content (AvgIpc) is 3.46. The van der Waals surface area contributed by atoms with E-state index in [4.69, 9.17) is 46.6 Å². The van der Waals surface area contributed by atoms with Crippen LogP contribution in [0.4, 0.5) is 15.8 Å². The van der Waals surface area contributed by atoms with Gasteiger partial charge in [0.2, 0.25) is 5.91 Å². The predicted molar refractivity (Wildman–Crippen MR) is 156 cm³/mol. The van der Waals surface area contributed by atoms with E-state index in [1.165, 1.54) is 75.8 Å². The van der Waals surface area contributed by atoms with Crippen molar-refractivity contribution in [2.75, 3.05) is 38.7 Å². The van der Waals surface area contributed by atoms with Gasteiger partial charge in [-0.1, -0.05) is 35.3 Å². The molecule has 1 aliphatic rings. The molecule has 1 aliphatic heterocycles. The van der Waals surface area contributed by atoms with Crippen molar-refractivity contribution < 1.29 is 37.3 Å². The normalized spacial score (nSPS) is 16.1. The number of carbonyl (C=O) groups excluding carboxylic acids is 2. The highest BCUT2D eigenvalue weighted by Crippen LogP contribution is 2.51. The Kier molecular flexibility index (Phi) is 7.94. The first-order valence-corrected chi connectivity index (χ1v) is 13.3. The Morgan fingerprint density at radius 1 is 0.881 bits per heavy atom. The molecule has 218 valence electrons. The number of hydrogen-bond donors (Lipinski definition) is 1. The number of rotatable bonds is 9. The Morgan fingerprint density at radius 2 is 1.50 bits per heavy atom. The van der Waals surface area contributed by atoms with Gasteiger partial charge in [0, 0.05) is 12.1 Å². The number of anilines is 2. The number of methoxy groups -OCH3 is 4. The maximum atomic E-state index is 14.6. The fourth-order valence-corrected chi connectivity index (χ4v) is 5.37. The van der Waals surface area contributed by atoms with Gasteiger partial charge in [-0.3, -0.25) is 14.5 Å². The zero-order valence-corrected chi connectivity index (χ0v) is 24.4. The van der Waals surface area contributed by atoms with Gasteiger partial charge < -0.3 is 28.7 Å². The van der Waals surface area contributed by atoms with E-state index in [1.807, 2.05) is 0 Å². The number of nitrogens with zero attached hydrogens (tertiary/aromatic N) is 1. The first-order valence-electron chi connectivity index (χ1n) is 12.5. The molecule has 1 fully saturated rings. The summed E-state index contributed by atoms with van der Waals surface area (Å²) in [5.74, 6) is -0.249. The Balaban J connectivity index is 1.67. The van der Waals surface area contributed by atoms with Gasteiger partial charge in [-0.05, 0) is 36.4 Å². The van der Waals surface area contributed by atoms with Gasteiger partial charge in [-0.2, -0.15) is 0 Å². The molecule has 2 amide bonds. The van der Waals surface area contributed by atoms with Crippen molar-refractivity contribution in [3.05, 3.63) is 82.3 Å². The second-order valence-corrected chi connectivity index (χ2v) is 10.0. The molecule has 4 aromatic rings. The Hall–Kier alpha value is -4.41. The molecule has 1 N–H and O–H groups in total. The Morgan fingerprint density at radius 3 is 2.12 bits per heavy atom. The topological polar surface area (TPSA) is 99.5 Å². The molecule has 12 heteroatoms. The number of hydrogen-bond acceptors (Lipinski definition) is 7. The minimum absolute atomic E-state index is 0.0745. The summed E-state index contributed by atoms with van der Waals surface area (Å²) in [6.07, 6.45) is -0.290. The lowest BCUT2D eigenvalue weighted by Gasteiger charge is -2.49. The number of nitrogens with one attached hydrogen (secondary N) is 1. The van der Waals surface area contributed by atoms with Crippen molar-refractivity contribution in [2.24, 2.45) is 0 Å². The highest BCUT2D eigenvalue weighted by Gasteiger charge is 2.61. The Labute approximate surface area is 250 Å². The van der Waals surface area contributed by atoms with Gasteiger partial charge in [-0.25, -0.2) is 4.39 Å². The van der Waals surface area contributed by atoms with Crippen LogP contribution in [-0.4, -0.2) is 40.3 Å². The van der Waals surface area contributed by atoms with Crippen molar-refractivity contribution in [2.45, 2.75) is 12.0 Å². The lowest BCUT2D eigenvalue weighted by molar-refractivity contribution is -0.138. The largest absolute Gasteiger partial charge is 0.495 e. The predicted octanol–water partition coefficient (Wildman–Crippen LogP) is 6.70. The highest BCUT2D eigenvalue weighted by atomic mass is 35.5. The summed E-state index contributed by atoms with van der Waals surface area (Å²) < 4.78 is 42.3. The molecule has 0 radical (unpaired) electrons. The van der Waals surface area contributed by atoms with E-state index >= 15 is 0 Å². The average molecular weight is 615 g/mol. The lowest BCUT2D eigenvalue weighted by Crippen LogP contribution is -2.67. The van der Waals surface area contributed by atoms with Crippen LogP contribution < -0.4 is 29.2 Å². The molecular formula is C30H25Cl2FN2O7. The number of benzene rings is 3. The third kappa shape index (κ3) is 4.76. The second kappa shape index (κ2) is 11.5.